The van der Waals surface area contributed by atoms with Gasteiger partial charge in [0.15, 0.2) is 0 Å². The highest BCUT2D eigenvalue weighted by Crippen LogP contribution is 2.23. The number of rotatable bonds is 3. The molecule has 75 valence electrons. The zero-order valence-electron chi connectivity index (χ0n) is 8.11. The van der Waals surface area contributed by atoms with Gasteiger partial charge in [-0.2, -0.15) is 0 Å². The van der Waals surface area contributed by atoms with Gasteiger partial charge in [-0.1, -0.05) is 48.0 Å². The number of ether oxygens (including phenoxy) is 1. The maximum Gasteiger partial charge on any atom is 0.139 e. The summed E-state index contributed by atoms with van der Waals surface area (Å²) in [5, 5.41) is 0.615. The third-order valence-electron chi connectivity index (χ3n) is 2.01. The molecule has 0 N–H and O–H groups in total. The first-order valence-corrected chi connectivity index (χ1v) is 5.06. The summed E-state index contributed by atoms with van der Waals surface area (Å²) >= 11 is 5.95. The number of hydrogen-bond acceptors (Lipinski definition) is 1. The van der Waals surface area contributed by atoms with E-state index >= 15 is 0 Å². The van der Waals surface area contributed by atoms with Crippen LogP contribution in [0.25, 0.3) is 0 Å². The minimum Gasteiger partial charge on any atom is -0.487 e. The van der Waals surface area contributed by atoms with E-state index in [1.165, 1.54) is 0 Å². The quantitative estimate of drug-likeness (QED) is 0.762. The van der Waals surface area contributed by atoms with E-state index in [-0.39, 0.29) is 0 Å². The van der Waals surface area contributed by atoms with Crippen molar-refractivity contribution in [2.24, 2.45) is 0 Å². The molecule has 2 heteroatoms. The molecular weight excluding hydrogens is 208 g/mol. The summed E-state index contributed by atoms with van der Waals surface area (Å²) < 4.78 is 5.56. The summed E-state index contributed by atoms with van der Waals surface area (Å²) in [5.74, 6) is 0.669. The van der Waals surface area contributed by atoms with Crippen LogP contribution in [0.1, 0.15) is 5.56 Å². The number of benzene rings is 2. The Morgan fingerprint density at radius 1 is 1.13 bits per heavy atom. The van der Waals surface area contributed by atoms with Crippen LogP contribution in [0.2, 0.25) is 5.02 Å². The summed E-state index contributed by atoms with van der Waals surface area (Å²) in [5.41, 5.74) is 1.12. The lowest BCUT2D eigenvalue weighted by atomic mass is 10.2. The van der Waals surface area contributed by atoms with Crippen LogP contribution in [0.4, 0.5) is 0 Å². The monoisotopic (exact) mass is 217 g/mol. The van der Waals surface area contributed by atoms with Gasteiger partial charge in [0.2, 0.25) is 0 Å². The fourth-order valence-corrected chi connectivity index (χ4v) is 1.41. The largest absolute Gasteiger partial charge is 0.487 e. The minimum absolute atomic E-state index is 0.526. The molecular formula is C13H10ClO. The predicted molar refractivity (Wildman–Crippen MR) is 61.1 cm³/mol. The molecule has 0 fully saturated rings. The zero-order chi connectivity index (χ0) is 10.5. The third kappa shape index (κ3) is 2.74. The maximum atomic E-state index is 5.95. The Labute approximate surface area is 94.3 Å². The highest BCUT2D eigenvalue weighted by atomic mass is 35.5. The van der Waals surface area contributed by atoms with Crippen LogP contribution in [0.15, 0.2) is 48.5 Å². The van der Waals surface area contributed by atoms with Crippen LogP contribution < -0.4 is 4.74 Å². The second kappa shape index (κ2) is 4.85. The first kappa shape index (κ1) is 10.1. The molecule has 0 bridgehead atoms. The minimum atomic E-state index is 0.526. The van der Waals surface area contributed by atoms with Gasteiger partial charge in [-0.3, -0.25) is 0 Å². The molecule has 2 aromatic rings. The molecule has 0 saturated heterocycles. The Bertz CT molecular complexity index is 426. The second-order valence-corrected chi connectivity index (χ2v) is 3.54. The lowest BCUT2D eigenvalue weighted by Gasteiger charge is -2.07. The summed E-state index contributed by atoms with van der Waals surface area (Å²) in [7, 11) is 0. The van der Waals surface area contributed by atoms with E-state index in [9.17, 15) is 0 Å². The highest BCUT2D eigenvalue weighted by Gasteiger charge is 1.99. The van der Waals surface area contributed by atoms with Crippen molar-refractivity contribution in [1.82, 2.24) is 0 Å². The molecule has 1 nitrogen and oxygen atoms in total. The molecule has 0 aromatic heterocycles. The van der Waals surface area contributed by atoms with Crippen LogP contribution in [-0.4, -0.2) is 0 Å². The van der Waals surface area contributed by atoms with Crippen molar-refractivity contribution in [3.05, 3.63) is 65.2 Å². The smallest absolute Gasteiger partial charge is 0.139 e. The fraction of sp³-hybridized carbons (Fsp3) is 0.0769. The van der Waals surface area contributed by atoms with Crippen LogP contribution in [-0.2, 0) is 6.61 Å². The first-order valence-electron chi connectivity index (χ1n) is 4.68. The molecule has 0 saturated carbocycles. The van der Waals surface area contributed by atoms with Crippen molar-refractivity contribution in [2.75, 3.05) is 0 Å². The SMILES string of the molecule is Clc1cc[c]cc1OCc1ccccc1. The van der Waals surface area contributed by atoms with E-state index in [1.54, 1.807) is 18.2 Å². The molecule has 0 aliphatic heterocycles. The van der Waals surface area contributed by atoms with Gasteiger partial charge in [0.05, 0.1) is 5.02 Å². The van der Waals surface area contributed by atoms with Crippen molar-refractivity contribution in [3.8, 4) is 5.75 Å². The Balaban J connectivity index is 2.03. The second-order valence-electron chi connectivity index (χ2n) is 3.13. The van der Waals surface area contributed by atoms with Gasteiger partial charge < -0.3 is 4.74 Å². The first-order chi connectivity index (χ1) is 7.36. The maximum absolute atomic E-state index is 5.95. The zero-order valence-corrected chi connectivity index (χ0v) is 8.87. The lowest BCUT2D eigenvalue weighted by molar-refractivity contribution is 0.306. The van der Waals surface area contributed by atoms with Crippen molar-refractivity contribution in [3.63, 3.8) is 0 Å². The average molecular weight is 218 g/mol. The molecule has 0 atom stereocenters. The molecule has 0 amide bonds. The van der Waals surface area contributed by atoms with Crippen molar-refractivity contribution in [1.29, 1.82) is 0 Å². The van der Waals surface area contributed by atoms with E-state index in [0.717, 1.165) is 5.56 Å². The van der Waals surface area contributed by atoms with Crippen LogP contribution in [0, 0.1) is 6.07 Å². The van der Waals surface area contributed by atoms with Crippen LogP contribution >= 0.6 is 11.6 Å². The van der Waals surface area contributed by atoms with Gasteiger partial charge in [-0.25, -0.2) is 0 Å². The van der Waals surface area contributed by atoms with E-state index in [2.05, 4.69) is 6.07 Å². The van der Waals surface area contributed by atoms with Crippen LogP contribution in [0.5, 0.6) is 5.75 Å². The fourth-order valence-electron chi connectivity index (χ4n) is 1.24. The van der Waals surface area contributed by atoms with Crippen molar-refractivity contribution >= 4 is 11.6 Å². The molecule has 0 aliphatic rings. The number of hydrogen-bond donors (Lipinski definition) is 0. The normalized spacial score (nSPS) is 9.93. The standard InChI is InChI=1S/C13H10ClO/c14-12-8-4-5-9-13(12)15-10-11-6-2-1-3-7-11/h1-4,6-9H,10H2. The Kier molecular flexibility index (Phi) is 3.25. The topological polar surface area (TPSA) is 9.23 Å². The number of halogens is 1. The van der Waals surface area contributed by atoms with Crippen molar-refractivity contribution in [2.45, 2.75) is 6.61 Å². The van der Waals surface area contributed by atoms with Crippen molar-refractivity contribution < 1.29 is 4.74 Å². The molecule has 15 heavy (non-hydrogen) atoms. The predicted octanol–water partition coefficient (Wildman–Crippen LogP) is 3.72. The molecule has 0 heterocycles. The van der Waals surface area contributed by atoms with Gasteiger partial charge >= 0.3 is 0 Å². The molecule has 0 unspecified atom stereocenters. The summed E-state index contributed by atoms with van der Waals surface area (Å²) in [6, 6.07) is 18.2. The Morgan fingerprint density at radius 3 is 2.67 bits per heavy atom. The van der Waals surface area contributed by atoms with E-state index in [4.69, 9.17) is 16.3 Å². The molecule has 2 rings (SSSR count). The van der Waals surface area contributed by atoms with Gasteiger partial charge in [-0.15, -0.1) is 0 Å². The lowest BCUT2D eigenvalue weighted by Crippen LogP contribution is -1.95. The Hall–Kier alpha value is -1.47. The van der Waals surface area contributed by atoms with E-state index in [0.29, 0.717) is 17.4 Å². The van der Waals surface area contributed by atoms with Gasteiger partial charge in [0.25, 0.3) is 0 Å². The average Bonchev–Trinajstić information content (AvgIpc) is 2.29. The molecule has 0 spiro atoms. The third-order valence-corrected chi connectivity index (χ3v) is 2.33. The van der Waals surface area contributed by atoms with Gasteiger partial charge in [-0.05, 0) is 23.8 Å². The van der Waals surface area contributed by atoms with Crippen LogP contribution in [0.3, 0.4) is 0 Å². The highest BCUT2D eigenvalue weighted by molar-refractivity contribution is 6.32. The van der Waals surface area contributed by atoms with E-state index < -0.39 is 0 Å². The Morgan fingerprint density at radius 2 is 1.93 bits per heavy atom. The van der Waals surface area contributed by atoms with E-state index in [1.807, 2.05) is 30.3 Å². The molecule has 2 aromatic carbocycles. The van der Waals surface area contributed by atoms with Gasteiger partial charge in [0, 0.05) is 0 Å². The molecule has 1 radical (unpaired) electrons. The summed E-state index contributed by atoms with van der Waals surface area (Å²) in [6.07, 6.45) is 0. The summed E-state index contributed by atoms with van der Waals surface area (Å²) in [6.45, 7) is 0.526. The summed E-state index contributed by atoms with van der Waals surface area (Å²) in [4.78, 5) is 0. The van der Waals surface area contributed by atoms with Gasteiger partial charge in [0.1, 0.15) is 12.4 Å². The molecule has 0 aliphatic carbocycles.